The van der Waals surface area contributed by atoms with E-state index >= 15 is 0 Å². The highest BCUT2D eigenvalue weighted by molar-refractivity contribution is 6.30. The minimum Gasteiger partial charge on any atom is -0.398 e. The largest absolute Gasteiger partial charge is 0.398 e. The zero-order valence-corrected chi connectivity index (χ0v) is 10.4. The molecule has 0 saturated heterocycles. The smallest absolute Gasteiger partial charge is 0.0426 e. The van der Waals surface area contributed by atoms with Crippen LogP contribution in [0.4, 0.5) is 5.69 Å². The summed E-state index contributed by atoms with van der Waals surface area (Å²) in [6, 6.07) is 6.24. The number of hydrogen-bond donors (Lipinski definition) is 1. The molecule has 15 heavy (non-hydrogen) atoms. The molecule has 0 spiro atoms. The van der Waals surface area contributed by atoms with Gasteiger partial charge in [0.1, 0.15) is 0 Å². The molecule has 0 atom stereocenters. The number of hydrogen-bond acceptors (Lipinski definition) is 2. The molecule has 0 aliphatic carbocycles. The van der Waals surface area contributed by atoms with Crippen LogP contribution in [-0.2, 0) is 6.54 Å². The first kappa shape index (κ1) is 12.3. The average molecular weight is 227 g/mol. The summed E-state index contributed by atoms with van der Waals surface area (Å²) in [5.74, 6) is 0. The third-order valence-corrected chi connectivity index (χ3v) is 2.85. The molecule has 0 heterocycles. The van der Waals surface area contributed by atoms with Crippen LogP contribution in [-0.4, -0.2) is 17.5 Å². The summed E-state index contributed by atoms with van der Waals surface area (Å²) in [5, 5.41) is 0.698. The molecule has 84 valence electrons. The van der Waals surface area contributed by atoms with Gasteiger partial charge in [0, 0.05) is 23.3 Å². The lowest BCUT2D eigenvalue weighted by molar-refractivity contribution is 0.225. The van der Waals surface area contributed by atoms with E-state index in [-0.39, 0.29) is 0 Å². The molecule has 0 aliphatic heterocycles. The maximum Gasteiger partial charge on any atom is 0.0426 e. The van der Waals surface area contributed by atoms with Crippen LogP contribution in [0.1, 0.15) is 26.3 Å². The number of anilines is 1. The summed E-state index contributed by atoms with van der Waals surface area (Å²) < 4.78 is 0. The number of nitrogens with two attached hydrogens (primary N) is 1. The van der Waals surface area contributed by atoms with Crippen molar-refractivity contribution in [1.82, 2.24) is 4.90 Å². The average Bonchev–Trinajstić information content (AvgIpc) is 2.16. The van der Waals surface area contributed by atoms with Crippen molar-refractivity contribution in [2.45, 2.75) is 33.4 Å². The predicted molar refractivity (Wildman–Crippen MR) is 67.1 cm³/mol. The van der Waals surface area contributed by atoms with Gasteiger partial charge >= 0.3 is 0 Å². The highest BCUT2D eigenvalue weighted by Crippen LogP contribution is 2.20. The van der Waals surface area contributed by atoms with Gasteiger partial charge in [-0.2, -0.15) is 0 Å². The Kier molecular flexibility index (Phi) is 4.43. The van der Waals surface area contributed by atoms with Gasteiger partial charge in [-0.15, -0.1) is 0 Å². The van der Waals surface area contributed by atoms with Crippen LogP contribution in [0, 0.1) is 0 Å². The minimum atomic E-state index is 0.532. The van der Waals surface area contributed by atoms with Crippen molar-refractivity contribution in [1.29, 1.82) is 0 Å². The minimum absolute atomic E-state index is 0.532. The van der Waals surface area contributed by atoms with Crippen molar-refractivity contribution in [2.75, 3.05) is 12.3 Å². The van der Waals surface area contributed by atoms with Crippen LogP contribution in [0.25, 0.3) is 0 Å². The van der Waals surface area contributed by atoms with Gasteiger partial charge in [0.05, 0.1) is 0 Å². The zero-order valence-electron chi connectivity index (χ0n) is 9.63. The van der Waals surface area contributed by atoms with E-state index in [9.17, 15) is 0 Å². The molecule has 0 bridgehead atoms. The van der Waals surface area contributed by atoms with E-state index in [0.717, 1.165) is 24.3 Å². The lowest BCUT2D eigenvalue weighted by atomic mass is 10.1. The second-order valence-electron chi connectivity index (χ2n) is 4.00. The first-order valence-corrected chi connectivity index (χ1v) is 5.70. The lowest BCUT2D eigenvalue weighted by Gasteiger charge is -2.25. The maximum atomic E-state index is 5.91. The molecule has 0 radical (unpaired) electrons. The van der Waals surface area contributed by atoms with Crippen LogP contribution < -0.4 is 5.73 Å². The van der Waals surface area contributed by atoms with Crippen LogP contribution in [0.15, 0.2) is 18.2 Å². The molecule has 1 aromatic carbocycles. The molecule has 0 fully saturated rings. The molecule has 1 aromatic rings. The Bertz CT molecular complexity index is 323. The van der Waals surface area contributed by atoms with Crippen LogP contribution >= 0.6 is 11.6 Å². The Labute approximate surface area is 97.0 Å². The Morgan fingerprint density at radius 3 is 2.53 bits per heavy atom. The van der Waals surface area contributed by atoms with Gasteiger partial charge in [-0.25, -0.2) is 0 Å². The van der Waals surface area contributed by atoms with Gasteiger partial charge in [-0.05, 0) is 38.1 Å². The summed E-state index contributed by atoms with van der Waals surface area (Å²) in [6.45, 7) is 8.45. The Morgan fingerprint density at radius 2 is 2.07 bits per heavy atom. The van der Waals surface area contributed by atoms with E-state index in [1.165, 1.54) is 0 Å². The molecule has 0 saturated carbocycles. The van der Waals surface area contributed by atoms with Crippen molar-refractivity contribution in [2.24, 2.45) is 0 Å². The molecule has 0 aliphatic rings. The van der Waals surface area contributed by atoms with Crippen LogP contribution in [0.5, 0.6) is 0 Å². The van der Waals surface area contributed by atoms with E-state index < -0.39 is 0 Å². The van der Waals surface area contributed by atoms with Crippen molar-refractivity contribution >= 4 is 17.3 Å². The highest BCUT2D eigenvalue weighted by Gasteiger charge is 2.09. The lowest BCUT2D eigenvalue weighted by Crippen LogP contribution is -2.30. The Hall–Kier alpha value is -0.730. The summed E-state index contributed by atoms with van der Waals surface area (Å²) in [7, 11) is 0. The quantitative estimate of drug-likeness (QED) is 0.800. The molecule has 2 nitrogen and oxygen atoms in total. The van der Waals surface area contributed by atoms with Gasteiger partial charge in [-0.1, -0.05) is 24.6 Å². The van der Waals surface area contributed by atoms with Gasteiger partial charge in [0.25, 0.3) is 0 Å². The summed E-state index contributed by atoms with van der Waals surface area (Å²) in [6.07, 6.45) is 0. The van der Waals surface area contributed by atoms with E-state index in [2.05, 4.69) is 25.7 Å². The predicted octanol–water partition coefficient (Wildman–Crippen LogP) is 3.15. The monoisotopic (exact) mass is 226 g/mol. The second-order valence-corrected chi connectivity index (χ2v) is 4.44. The van der Waals surface area contributed by atoms with Gasteiger partial charge in [-0.3, -0.25) is 4.90 Å². The van der Waals surface area contributed by atoms with Gasteiger partial charge in [0.2, 0.25) is 0 Å². The van der Waals surface area contributed by atoms with E-state index in [1.54, 1.807) is 0 Å². The summed E-state index contributed by atoms with van der Waals surface area (Å²) in [4.78, 5) is 2.36. The molecular weight excluding hydrogens is 208 g/mol. The van der Waals surface area contributed by atoms with Crippen molar-refractivity contribution in [3.8, 4) is 0 Å². The zero-order chi connectivity index (χ0) is 11.4. The first-order chi connectivity index (χ1) is 7.04. The molecule has 0 amide bonds. The third kappa shape index (κ3) is 3.40. The number of rotatable bonds is 4. The number of benzene rings is 1. The fourth-order valence-electron chi connectivity index (χ4n) is 1.59. The van der Waals surface area contributed by atoms with E-state index in [1.807, 2.05) is 18.2 Å². The fourth-order valence-corrected chi connectivity index (χ4v) is 1.77. The van der Waals surface area contributed by atoms with Crippen molar-refractivity contribution in [3.05, 3.63) is 28.8 Å². The standard InChI is InChI=1S/C12H19ClN2/c1-4-15(9(2)3)8-10-5-6-11(13)7-12(10)14/h5-7,9H,4,8,14H2,1-3H3. The van der Waals surface area contributed by atoms with Gasteiger partial charge in [0.15, 0.2) is 0 Å². The molecular formula is C12H19ClN2. The fraction of sp³-hybridized carbons (Fsp3) is 0.500. The van der Waals surface area contributed by atoms with Crippen molar-refractivity contribution < 1.29 is 0 Å². The van der Waals surface area contributed by atoms with E-state index in [0.29, 0.717) is 11.1 Å². The van der Waals surface area contributed by atoms with Crippen LogP contribution in [0.3, 0.4) is 0 Å². The highest BCUT2D eigenvalue weighted by atomic mass is 35.5. The Morgan fingerprint density at radius 1 is 1.40 bits per heavy atom. The summed E-state index contributed by atoms with van der Waals surface area (Å²) in [5.41, 5.74) is 7.84. The van der Waals surface area contributed by atoms with Crippen molar-refractivity contribution in [3.63, 3.8) is 0 Å². The Balaban J connectivity index is 2.79. The summed E-state index contributed by atoms with van der Waals surface area (Å²) >= 11 is 5.86. The molecule has 1 rings (SSSR count). The maximum absolute atomic E-state index is 5.91. The molecule has 2 N–H and O–H groups in total. The van der Waals surface area contributed by atoms with Gasteiger partial charge < -0.3 is 5.73 Å². The third-order valence-electron chi connectivity index (χ3n) is 2.62. The second kappa shape index (κ2) is 5.38. The number of nitrogen functional groups attached to an aromatic ring is 1. The SMILES string of the molecule is CCN(Cc1ccc(Cl)cc1N)C(C)C. The van der Waals surface area contributed by atoms with Crippen LogP contribution in [0.2, 0.25) is 5.02 Å². The molecule has 0 aromatic heterocycles. The van der Waals surface area contributed by atoms with E-state index in [4.69, 9.17) is 17.3 Å². The number of halogens is 1. The first-order valence-electron chi connectivity index (χ1n) is 5.32. The topological polar surface area (TPSA) is 29.3 Å². The normalized spacial score (nSPS) is 11.3. The number of nitrogens with zero attached hydrogens (tertiary/aromatic N) is 1. The molecule has 0 unspecified atom stereocenters. The molecule has 3 heteroatoms.